The highest BCUT2D eigenvalue weighted by Crippen LogP contribution is 2.38. The molecule has 2 amide bonds. The molecule has 1 aliphatic heterocycles. The van der Waals surface area contributed by atoms with Gasteiger partial charge >= 0.3 is 6.18 Å². The number of amides is 2. The second-order valence-electron chi connectivity index (χ2n) is 10.4. The van der Waals surface area contributed by atoms with Gasteiger partial charge in [0.05, 0.1) is 35.8 Å². The first kappa shape index (κ1) is 31.9. The number of carbonyl (C=O) groups is 3. The maximum Gasteiger partial charge on any atom is 0.435 e. The summed E-state index contributed by atoms with van der Waals surface area (Å²) in [6.07, 6.45) is 1.92. The predicted octanol–water partition coefficient (Wildman–Crippen LogP) is 2.66. The number of fused-ring (bicyclic) bond motifs is 1. The zero-order valence-electron chi connectivity index (χ0n) is 24.5. The number of piperidine rings is 1. The van der Waals surface area contributed by atoms with Crippen molar-refractivity contribution < 1.29 is 32.3 Å². The third-order valence-electron chi connectivity index (χ3n) is 7.54. The summed E-state index contributed by atoms with van der Waals surface area (Å²) in [7, 11) is 0. The number of hydrogen-bond acceptors (Lipinski definition) is 10. The summed E-state index contributed by atoms with van der Waals surface area (Å²) in [5.74, 6) is -0.654. The summed E-state index contributed by atoms with van der Waals surface area (Å²) < 4.78 is 49.0. The average molecular weight is 639 g/mol. The first-order valence-electron chi connectivity index (χ1n) is 14.2. The standard InChI is InChI=1S/C29H29F3N10O4/c1-2-18-19(28(45)37-14-23(44)40-9-5-17(34)6-10-40)3-4-21(24(18)46-16-43)38-26-27-36-13-22(42(27)12-8-35-26)20-15-41(11-7-33)39-25(20)29(30,31)32/h3-4,8,12-13,15-17H,2,5-6,9-11,14,34H2,1H3,(H,35,38)(H,37,45). The van der Waals surface area contributed by atoms with Crippen molar-refractivity contribution in [2.75, 3.05) is 25.0 Å². The number of likely N-dealkylation sites (tertiary alicyclic amines) is 1. The van der Waals surface area contributed by atoms with E-state index >= 15 is 0 Å². The van der Waals surface area contributed by atoms with E-state index in [-0.39, 0.29) is 77.7 Å². The average Bonchev–Trinajstić information content (AvgIpc) is 3.66. The van der Waals surface area contributed by atoms with Gasteiger partial charge in [0.25, 0.3) is 12.4 Å². The van der Waals surface area contributed by atoms with Gasteiger partial charge in [-0.1, -0.05) is 6.92 Å². The summed E-state index contributed by atoms with van der Waals surface area (Å²) in [6, 6.07) is 4.79. The Morgan fingerprint density at radius 1 is 1.24 bits per heavy atom. The van der Waals surface area contributed by atoms with E-state index in [0.717, 1.165) is 10.9 Å². The van der Waals surface area contributed by atoms with E-state index in [2.05, 4.69) is 25.7 Å². The summed E-state index contributed by atoms with van der Waals surface area (Å²) in [5, 5.41) is 18.1. The Hall–Kier alpha value is -5.50. The fourth-order valence-electron chi connectivity index (χ4n) is 5.29. The number of aromatic nitrogens is 5. The molecule has 0 unspecified atom stereocenters. The third-order valence-corrected chi connectivity index (χ3v) is 7.54. The van der Waals surface area contributed by atoms with Crippen molar-refractivity contribution >= 4 is 35.4 Å². The summed E-state index contributed by atoms with van der Waals surface area (Å²) in [6.45, 7) is 2.37. The highest BCUT2D eigenvalue weighted by Gasteiger charge is 2.38. The summed E-state index contributed by atoms with van der Waals surface area (Å²) >= 11 is 0. The lowest BCUT2D eigenvalue weighted by Crippen LogP contribution is -2.46. The summed E-state index contributed by atoms with van der Waals surface area (Å²) in [5.41, 5.74) is 5.38. The van der Waals surface area contributed by atoms with Gasteiger partial charge in [-0.25, -0.2) is 9.97 Å². The van der Waals surface area contributed by atoms with Gasteiger partial charge in [-0.2, -0.15) is 23.5 Å². The van der Waals surface area contributed by atoms with Crippen LogP contribution in [0.15, 0.2) is 36.9 Å². The Morgan fingerprint density at radius 2 is 2.00 bits per heavy atom. The smallest absolute Gasteiger partial charge is 0.426 e. The molecule has 4 aromatic rings. The Bertz CT molecular complexity index is 1820. The lowest BCUT2D eigenvalue weighted by Gasteiger charge is -2.30. The molecular weight excluding hydrogens is 609 g/mol. The first-order chi connectivity index (χ1) is 22.0. The maximum absolute atomic E-state index is 13.8. The van der Waals surface area contributed by atoms with Crippen molar-refractivity contribution in [2.24, 2.45) is 5.73 Å². The van der Waals surface area contributed by atoms with E-state index in [4.69, 9.17) is 15.7 Å². The second kappa shape index (κ2) is 13.2. The monoisotopic (exact) mass is 638 g/mol. The van der Waals surface area contributed by atoms with Gasteiger partial charge in [0.15, 0.2) is 22.9 Å². The molecule has 17 heteroatoms. The highest BCUT2D eigenvalue weighted by molar-refractivity contribution is 5.99. The van der Waals surface area contributed by atoms with E-state index in [9.17, 15) is 27.6 Å². The number of nitrogens with one attached hydrogen (secondary N) is 2. The molecule has 3 aromatic heterocycles. The number of nitrogens with zero attached hydrogens (tertiary/aromatic N) is 7. The van der Waals surface area contributed by atoms with Crippen LogP contribution in [0, 0.1) is 11.3 Å². The topological polar surface area (TPSA) is 186 Å². The van der Waals surface area contributed by atoms with Crippen LogP contribution in [-0.4, -0.2) is 73.0 Å². The molecule has 5 rings (SSSR count). The van der Waals surface area contributed by atoms with Crippen molar-refractivity contribution in [3.63, 3.8) is 0 Å². The highest BCUT2D eigenvalue weighted by atomic mass is 19.4. The predicted molar refractivity (Wildman–Crippen MR) is 157 cm³/mol. The van der Waals surface area contributed by atoms with Crippen LogP contribution < -0.4 is 21.1 Å². The molecule has 14 nitrogen and oxygen atoms in total. The van der Waals surface area contributed by atoms with Crippen molar-refractivity contribution in [3.8, 4) is 23.1 Å². The normalized spacial score (nSPS) is 13.8. The van der Waals surface area contributed by atoms with Gasteiger partial charge in [0, 0.05) is 48.8 Å². The fourth-order valence-corrected chi connectivity index (χ4v) is 5.29. The van der Waals surface area contributed by atoms with E-state index in [1.165, 1.54) is 35.1 Å². The van der Waals surface area contributed by atoms with Crippen LogP contribution in [0.4, 0.5) is 24.7 Å². The zero-order chi connectivity index (χ0) is 33.0. The molecule has 46 heavy (non-hydrogen) atoms. The van der Waals surface area contributed by atoms with Crippen LogP contribution in [-0.2, 0) is 28.7 Å². The Balaban J connectivity index is 1.43. The fraction of sp³-hybridized carbons (Fsp3) is 0.345. The molecule has 1 fully saturated rings. The minimum Gasteiger partial charge on any atom is -0.426 e. The SMILES string of the molecule is CCc1c(C(=O)NCC(=O)N2CCC(N)CC2)ccc(Nc2nccn3c(-c4cn(CC#N)nc4C(F)(F)F)cnc23)c1OC=O. The number of rotatable bonds is 10. The van der Waals surface area contributed by atoms with Gasteiger partial charge < -0.3 is 26.0 Å². The van der Waals surface area contributed by atoms with Crippen LogP contribution >= 0.6 is 0 Å². The van der Waals surface area contributed by atoms with Gasteiger partial charge in [0.1, 0.15) is 6.54 Å². The van der Waals surface area contributed by atoms with Crippen LogP contribution in [0.2, 0.25) is 0 Å². The van der Waals surface area contributed by atoms with Crippen LogP contribution in [0.25, 0.3) is 16.9 Å². The molecule has 1 aromatic carbocycles. The molecule has 1 aliphatic rings. The molecule has 240 valence electrons. The molecular formula is C29H29F3N10O4. The summed E-state index contributed by atoms with van der Waals surface area (Å²) in [4.78, 5) is 47.5. The molecule has 0 bridgehead atoms. The lowest BCUT2D eigenvalue weighted by atomic mass is 10.0. The molecule has 0 spiro atoms. The lowest BCUT2D eigenvalue weighted by molar-refractivity contribution is -0.141. The number of benzene rings is 1. The second-order valence-corrected chi connectivity index (χ2v) is 10.4. The van der Waals surface area contributed by atoms with Gasteiger partial charge in [-0.15, -0.1) is 0 Å². The van der Waals surface area contributed by atoms with E-state index < -0.39 is 17.8 Å². The Morgan fingerprint density at radius 3 is 2.67 bits per heavy atom. The van der Waals surface area contributed by atoms with Gasteiger partial charge in [-0.3, -0.25) is 23.5 Å². The van der Waals surface area contributed by atoms with E-state index in [0.29, 0.717) is 31.5 Å². The number of nitriles is 1. The minimum absolute atomic E-state index is 0.0224. The molecule has 1 saturated heterocycles. The minimum atomic E-state index is -4.80. The zero-order valence-corrected chi connectivity index (χ0v) is 24.5. The van der Waals surface area contributed by atoms with Crippen LogP contribution in [0.5, 0.6) is 5.75 Å². The van der Waals surface area contributed by atoms with E-state index in [1.807, 2.05) is 0 Å². The van der Waals surface area contributed by atoms with E-state index in [1.54, 1.807) is 17.9 Å². The number of carbonyl (C=O) groups excluding carboxylic acids is 3. The van der Waals surface area contributed by atoms with Crippen LogP contribution in [0.3, 0.4) is 0 Å². The van der Waals surface area contributed by atoms with Crippen molar-refractivity contribution in [3.05, 3.63) is 53.7 Å². The molecule has 0 atom stereocenters. The van der Waals surface area contributed by atoms with Crippen molar-refractivity contribution in [1.29, 1.82) is 5.26 Å². The van der Waals surface area contributed by atoms with Crippen LogP contribution in [0.1, 0.15) is 41.4 Å². The molecule has 0 saturated carbocycles. The Labute approximate surface area is 260 Å². The number of hydrogen-bond donors (Lipinski definition) is 3. The maximum atomic E-state index is 13.8. The number of alkyl halides is 3. The van der Waals surface area contributed by atoms with Gasteiger partial charge in [0.2, 0.25) is 5.91 Å². The number of nitrogens with two attached hydrogens (primary N) is 1. The Kier molecular flexibility index (Phi) is 9.18. The molecule has 4 heterocycles. The molecule has 0 aliphatic carbocycles. The molecule has 0 radical (unpaired) electrons. The first-order valence-corrected chi connectivity index (χ1v) is 14.2. The largest absolute Gasteiger partial charge is 0.435 e. The third kappa shape index (κ3) is 6.47. The quantitative estimate of drug-likeness (QED) is 0.218. The van der Waals surface area contributed by atoms with Crippen molar-refractivity contribution in [1.82, 2.24) is 34.4 Å². The van der Waals surface area contributed by atoms with Gasteiger partial charge in [-0.05, 0) is 31.4 Å². The number of anilines is 2. The number of halogens is 3. The number of ether oxygens (including phenoxy) is 1. The number of imidazole rings is 1. The molecule has 4 N–H and O–H groups in total. The van der Waals surface area contributed by atoms with Crippen molar-refractivity contribution in [2.45, 2.75) is 44.9 Å².